The Morgan fingerprint density at radius 3 is 2.69 bits per heavy atom. The second kappa shape index (κ2) is 8.74. The zero-order chi connectivity index (χ0) is 20.1. The number of allylic oxidation sites excluding steroid dienone is 1. The molecule has 0 N–H and O–H groups in total. The molecule has 7 nitrogen and oxygen atoms in total. The third kappa shape index (κ3) is 4.07. The van der Waals surface area contributed by atoms with E-state index in [1.807, 2.05) is 65.2 Å². The maximum atomic E-state index is 5.42. The SMILES string of the molecule is C=CCn1c(SCc2nc(-c3ccccc3OC)no2)nnc1-c1ccccc1. The molecule has 0 saturated carbocycles. The highest BCUT2D eigenvalue weighted by Gasteiger charge is 2.16. The Hall–Kier alpha value is -3.39. The van der Waals surface area contributed by atoms with E-state index in [1.54, 1.807) is 7.11 Å². The lowest BCUT2D eigenvalue weighted by Gasteiger charge is -2.06. The average molecular weight is 405 g/mol. The van der Waals surface area contributed by atoms with Crippen LogP contribution in [0.25, 0.3) is 22.8 Å². The van der Waals surface area contributed by atoms with Crippen molar-refractivity contribution in [3.63, 3.8) is 0 Å². The largest absolute Gasteiger partial charge is 0.496 e. The second-order valence-electron chi connectivity index (χ2n) is 6.07. The summed E-state index contributed by atoms with van der Waals surface area (Å²) in [4.78, 5) is 4.49. The summed E-state index contributed by atoms with van der Waals surface area (Å²) in [6, 6.07) is 17.5. The van der Waals surface area contributed by atoms with Crippen LogP contribution in [0.1, 0.15) is 5.89 Å². The number of aromatic nitrogens is 5. The minimum atomic E-state index is 0.478. The first-order chi connectivity index (χ1) is 14.3. The van der Waals surface area contributed by atoms with Gasteiger partial charge in [-0.15, -0.1) is 16.8 Å². The van der Waals surface area contributed by atoms with Gasteiger partial charge in [-0.2, -0.15) is 4.98 Å². The molecule has 0 radical (unpaired) electrons. The molecule has 0 aliphatic heterocycles. The number of methoxy groups -OCH3 is 1. The number of para-hydroxylation sites is 1. The molecule has 146 valence electrons. The zero-order valence-corrected chi connectivity index (χ0v) is 16.7. The second-order valence-corrected chi connectivity index (χ2v) is 7.01. The molecule has 0 atom stereocenters. The Labute approximate surface area is 172 Å². The molecule has 0 saturated heterocycles. The molecule has 2 heterocycles. The summed E-state index contributed by atoms with van der Waals surface area (Å²) >= 11 is 1.49. The number of nitrogens with zero attached hydrogens (tertiary/aromatic N) is 5. The Morgan fingerprint density at radius 2 is 1.90 bits per heavy atom. The first kappa shape index (κ1) is 18.9. The highest BCUT2D eigenvalue weighted by atomic mass is 32.2. The summed E-state index contributed by atoms with van der Waals surface area (Å²) < 4.78 is 12.8. The quantitative estimate of drug-likeness (QED) is 0.316. The van der Waals surface area contributed by atoms with Crippen LogP contribution in [0, 0.1) is 0 Å². The molecule has 4 rings (SSSR count). The minimum absolute atomic E-state index is 0.478. The van der Waals surface area contributed by atoms with E-state index in [4.69, 9.17) is 9.26 Å². The minimum Gasteiger partial charge on any atom is -0.496 e. The summed E-state index contributed by atoms with van der Waals surface area (Å²) in [6.07, 6.45) is 1.83. The van der Waals surface area contributed by atoms with E-state index in [2.05, 4.69) is 26.9 Å². The van der Waals surface area contributed by atoms with Crippen molar-refractivity contribution in [1.82, 2.24) is 24.9 Å². The normalized spacial score (nSPS) is 10.8. The fourth-order valence-corrected chi connectivity index (χ4v) is 3.65. The Morgan fingerprint density at radius 1 is 1.10 bits per heavy atom. The van der Waals surface area contributed by atoms with Gasteiger partial charge in [-0.05, 0) is 12.1 Å². The van der Waals surface area contributed by atoms with Crippen LogP contribution in [0.2, 0.25) is 0 Å². The van der Waals surface area contributed by atoms with E-state index < -0.39 is 0 Å². The number of benzene rings is 2. The standard InChI is InChI=1S/C21H19N5O2S/c1-3-13-26-20(15-9-5-4-6-10-15)23-24-21(26)29-14-18-22-19(25-28-18)16-11-7-8-12-17(16)27-2/h3-12H,1,13-14H2,2H3. The van der Waals surface area contributed by atoms with Gasteiger partial charge in [0.2, 0.25) is 11.7 Å². The van der Waals surface area contributed by atoms with Crippen LogP contribution < -0.4 is 4.74 Å². The van der Waals surface area contributed by atoms with Gasteiger partial charge in [0.05, 0.1) is 18.4 Å². The summed E-state index contributed by atoms with van der Waals surface area (Å²) in [6.45, 7) is 4.45. The highest BCUT2D eigenvalue weighted by Crippen LogP contribution is 2.29. The molecular weight excluding hydrogens is 386 g/mol. The molecule has 29 heavy (non-hydrogen) atoms. The van der Waals surface area contributed by atoms with Crippen LogP contribution in [0.5, 0.6) is 5.75 Å². The van der Waals surface area contributed by atoms with Gasteiger partial charge in [0.25, 0.3) is 0 Å². The monoisotopic (exact) mass is 405 g/mol. The molecule has 2 aromatic heterocycles. The topological polar surface area (TPSA) is 78.9 Å². The van der Waals surface area contributed by atoms with Crippen LogP contribution in [0.15, 0.2) is 76.9 Å². The lowest BCUT2D eigenvalue weighted by Crippen LogP contribution is -2.00. The van der Waals surface area contributed by atoms with E-state index in [9.17, 15) is 0 Å². The molecule has 2 aromatic carbocycles. The highest BCUT2D eigenvalue weighted by molar-refractivity contribution is 7.98. The third-order valence-corrected chi connectivity index (χ3v) is 5.15. The number of rotatable bonds is 8. The molecule has 8 heteroatoms. The maximum Gasteiger partial charge on any atom is 0.237 e. The van der Waals surface area contributed by atoms with Gasteiger partial charge in [0, 0.05) is 12.1 Å². The fraction of sp³-hybridized carbons (Fsp3) is 0.143. The van der Waals surface area contributed by atoms with E-state index in [1.165, 1.54) is 11.8 Å². The van der Waals surface area contributed by atoms with Crippen molar-refractivity contribution < 1.29 is 9.26 Å². The first-order valence-corrected chi connectivity index (χ1v) is 9.97. The Kier molecular flexibility index (Phi) is 5.71. The van der Waals surface area contributed by atoms with Crippen molar-refractivity contribution in [1.29, 1.82) is 0 Å². The maximum absolute atomic E-state index is 5.42. The van der Waals surface area contributed by atoms with Crippen LogP contribution >= 0.6 is 11.8 Å². The van der Waals surface area contributed by atoms with Crippen LogP contribution in [0.3, 0.4) is 0 Å². The lowest BCUT2D eigenvalue weighted by atomic mass is 10.2. The molecular formula is C21H19N5O2S. The number of hydrogen-bond acceptors (Lipinski definition) is 7. The predicted octanol–water partition coefficient (Wildman–Crippen LogP) is 4.48. The van der Waals surface area contributed by atoms with Gasteiger partial charge in [0.15, 0.2) is 11.0 Å². The van der Waals surface area contributed by atoms with Gasteiger partial charge in [-0.25, -0.2) is 0 Å². The molecule has 0 amide bonds. The molecule has 0 fully saturated rings. The number of thioether (sulfide) groups is 1. The van der Waals surface area contributed by atoms with Crippen molar-refractivity contribution in [2.45, 2.75) is 17.5 Å². The Bertz CT molecular complexity index is 1110. The molecule has 0 bridgehead atoms. The van der Waals surface area contributed by atoms with E-state index in [-0.39, 0.29) is 0 Å². The van der Waals surface area contributed by atoms with Crippen LogP contribution in [-0.2, 0) is 12.3 Å². The molecule has 0 aliphatic rings. The molecule has 0 unspecified atom stereocenters. The van der Waals surface area contributed by atoms with Gasteiger partial charge in [0.1, 0.15) is 5.75 Å². The molecule has 0 spiro atoms. The van der Waals surface area contributed by atoms with Gasteiger partial charge in [-0.1, -0.05) is 65.5 Å². The van der Waals surface area contributed by atoms with Crippen LogP contribution in [0.4, 0.5) is 0 Å². The smallest absolute Gasteiger partial charge is 0.237 e. The van der Waals surface area contributed by atoms with Crippen molar-refractivity contribution in [2.24, 2.45) is 0 Å². The summed E-state index contributed by atoms with van der Waals surface area (Å²) in [5.41, 5.74) is 1.79. The Balaban J connectivity index is 1.53. The number of ether oxygens (including phenoxy) is 1. The third-order valence-electron chi connectivity index (χ3n) is 4.20. The van der Waals surface area contributed by atoms with E-state index >= 15 is 0 Å². The van der Waals surface area contributed by atoms with Crippen molar-refractivity contribution in [3.8, 4) is 28.5 Å². The van der Waals surface area contributed by atoms with Crippen molar-refractivity contribution >= 4 is 11.8 Å². The predicted molar refractivity (Wildman–Crippen MR) is 112 cm³/mol. The lowest BCUT2D eigenvalue weighted by molar-refractivity contribution is 0.390. The first-order valence-electron chi connectivity index (χ1n) is 8.98. The van der Waals surface area contributed by atoms with Crippen LogP contribution in [-0.4, -0.2) is 32.0 Å². The van der Waals surface area contributed by atoms with Crippen molar-refractivity contribution in [3.05, 3.63) is 73.1 Å². The van der Waals surface area contributed by atoms with E-state index in [0.717, 1.165) is 22.1 Å². The summed E-state index contributed by atoms with van der Waals surface area (Å²) in [5.74, 6) is 2.98. The average Bonchev–Trinajstić information content (AvgIpc) is 3.40. The molecule has 4 aromatic rings. The molecule has 0 aliphatic carbocycles. The zero-order valence-electron chi connectivity index (χ0n) is 15.9. The summed E-state index contributed by atoms with van der Waals surface area (Å²) in [7, 11) is 1.62. The van der Waals surface area contributed by atoms with E-state index in [0.29, 0.717) is 29.8 Å². The van der Waals surface area contributed by atoms with Gasteiger partial charge >= 0.3 is 0 Å². The van der Waals surface area contributed by atoms with Crippen molar-refractivity contribution in [2.75, 3.05) is 7.11 Å². The van der Waals surface area contributed by atoms with Gasteiger partial charge < -0.3 is 9.26 Å². The fourth-order valence-electron chi connectivity index (χ4n) is 2.87. The number of hydrogen-bond donors (Lipinski definition) is 0. The van der Waals surface area contributed by atoms with Gasteiger partial charge in [-0.3, -0.25) is 4.57 Å². The summed E-state index contributed by atoms with van der Waals surface area (Å²) in [5, 5.41) is 13.5.